The summed E-state index contributed by atoms with van der Waals surface area (Å²) in [5.41, 5.74) is 8.79. The van der Waals surface area contributed by atoms with Gasteiger partial charge in [-0.15, -0.1) is 0 Å². The van der Waals surface area contributed by atoms with Gasteiger partial charge in [0.2, 0.25) is 0 Å². The minimum atomic E-state index is 0.0851. The van der Waals surface area contributed by atoms with E-state index in [0.717, 1.165) is 0 Å². The summed E-state index contributed by atoms with van der Waals surface area (Å²) in [4.78, 5) is 0. The zero-order valence-electron chi connectivity index (χ0n) is 20.1. The molecule has 0 unspecified atom stereocenters. The molecule has 0 bridgehead atoms. The molecule has 0 N–H and O–H groups in total. The van der Waals surface area contributed by atoms with Gasteiger partial charge in [-0.05, 0) is 64.4 Å². The number of hydrogen-bond acceptors (Lipinski definition) is 0. The average molecular weight is 568 g/mol. The van der Waals surface area contributed by atoms with Crippen LogP contribution in [0, 0.1) is 0 Å². The topological polar surface area (TPSA) is 0 Å². The first-order chi connectivity index (χ1) is 16.1. The summed E-state index contributed by atoms with van der Waals surface area (Å²) in [6.07, 6.45) is 12.9. The predicted octanol–water partition coefficient (Wildman–Crippen LogP) is 11.1. The van der Waals surface area contributed by atoms with E-state index in [9.17, 15) is 0 Å². The van der Waals surface area contributed by atoms with E-state index in [-0.39, 0.29) is 5.41 Å². The van der Waals surface area contributed by atoms with Crippen molar-refractivity contribution in [1.29, 1.82) is 0 Å². The number of benzene rings is 3. The number of hydrogen-bond donors (Lipinski definition) is 0. The summed E-state index contributed by atoms with van der Waals surface area (Å²) in [5, 5.41) is 0. The molecule has 0 atom stereocenters. The van der Waals surface area contributed by atoms with E-state index < -0.39 is 0 Å². The van der Waals surface area contributed by atoms with Gasteiger partial charge in [0.25, 0.3) is 0 Å². The lowest BCUT2D eigenvalue weighted by Gasteiger charge is -2.34. The normalized spacial score (nSPS) is 13.7. The second-order valence-corrected chi connectivity index (χ2v) is 11.4. The molecule has 0 nitrogen and oxygen atoms in total. The second kappa shape index (κ2) is 11.4. The van der Waals surface area contributed by atoms with Gasteiger partial charge < -0.3 is 0 Å². The molecule has 33 heavy (non-hydrogen) atoms. The Labute approximate surface area is 217 Å². The van der Waals surface area contributed by atoms with E-state index in [1.807, 2.05) is 0 Å². The molecular formula is C31H36Br2. The summed E-state index contributed by atoms with van der Waals surface area (Å²) in [7, 11) is 0. The molecule has 3 aromatic rings. The van der Waals surface area contributed by atoms with Crippen molar-refractivity contribution in [3.63, 3.8) is 0 Å². The SMILES string of the molecule is CCCCCCC1(CCCCCC)c2cc(Br)ccc2-c2cccc(-c3ccccc3Br)c21. The van der Waals surface area contributed by atoms with Crippen LogP contribution in [-0.4, -0.2) is 0 Å². The second-order valence-electron chi connectivity index (χ2n) is 9.60. The van der Waals surface area contributed by atoms with Gasteiger partial charge >= 0.3 is 0 Å². The van der Waals surface area contributed by atoms with E-state index in [1.165, 1.54) is 95.4 Å². The Morgan fingerprint density at radius 2 is 1.21 bits per heavy atom. The van der Waals surface area contributed by atoms with Crippen molar-refractivity contribution in [2.75, 3.05) is 0 Å². The number of halogens is 2. The highest BCUT2D eigenvalue weighted by atomic mass is 79.9. The molecule has 1 aliphatic rings. The van der Waals surface area contributed by atoms with E-state index in [2.05, 4.69) is 106 Å². The van der Waals surface area contributed by atoms with Crippen LogP contribution in [0.25, 0.3) is 22.3 Å². The van der Waals surface area contributed by atoms with Crippen LogP contribution in [0.2, 0.25) is 0 Å². The molecule has 0 aliphatic heterocycles. The highest BCUT2D eigenvalue weighted by Crippen LogP contribution is 2.57. The Bertz CT molecular complexity index is 1070. The molecule has 0 fully saturated rings. The molecule has 0 aromatic heterocycles. The van der Waals surface area contributed by atoms with Crippen molar-refractivity contribution in [2.45, 2.75) is 83.5 Å². The maximum atomic E-state index is 3.86. The third-order valence-corrected chi connectivity index (χ3v) is 8.59. The summed E-state index contributed by atoms with van der Waals surface area (Å²) in [6.45, 7) is 4.62. The number of unbranched alkanes of at least 4 members (excludes halogenated alkanes) is 6. The first kappa shape index (κ1) is 24.7. The Balaban J connectivity index is 1.90. The van der Waals surface area contributed by atoms with E-state index >= 15 is 0 Å². The number of fused-ring (bicyclic) bond motifs is 3. The fourth-order valence-corrected chi connectivity index (χ4v) is 6.69. The maximum absolute atomic E-state index is 3.86. The summed E-state index contributed by atoms with van der Waals surface area (Å²) >= 11 is 7.68. The fraction of sp³-hybridized carbons (Fsp3) is 0.419. The lowest BCUT2D eigenvalue weighted by Crippen LogP contribution is -2.26. The lowest BCUT2D eigenvalue weighted by atomic mass is 9.68. The zero-order valence-corrected chi connectivity index (χ0v) is 23.3. The van der Waals surface area contributed by atoms with Crippen molar-refractivity contribution in [1.82, 2.24) is 0 Å². The molecule has 0 heterocycles. The van der Waals surface area contributed by atoms with E-state index in [1.54, 1.807) is 11.1 Å². The van der Waals surface area contributed by atoms with Crippen molar-refractivity contribution >= 4 is 31.9 Å². The maximum Gasteiger partial charge on any atom is 0.0253 e. The smallest absolute Gasteiger partial charge is 0.0253 e. The molecule has 0 saturated heterocycles. The lowest BCUT2D eigenvalue weighted by molar-refractivity contribution is 0.401. The fourth-order valence-electron chi connectivity index (χ4n) is 5.83. The molecule has 0 spiro atoms. The quantitative estimate of drug-likeness (QED) is 0.202. The van der Waals surface area contributed by atoms with Crippen LogP contribution in [0.4, 0.5) is 0 Å². The summed E-state index contributed by atoms with van der Waals surface area (Å²) < 4.78 is 2.38. The third kappa shape index (κ3) is 5.03. The Kier molecular flexibility index (Phi) is 8.52. The third-order valence-electron chi connectivity index (χ3n) is 7.41. The van der Waals surface area contributed by atoms with Gasteiger partial charge in [-0.3, -0.25) is 0 Å². The molecule has 174 valence electrons. The summed E-state index contributed by atoms with van der Waals surface area (Å²) in [6, 6.07) is 22.7. The van der Waals surface area contributed by atoms with Crippen molar-refractivity contribution in [3.8, 4) is 22.3 Å². The monoisotopic (exact) mass is 566 g/mol. The molecule has 2 heteroatoms. The van der Waals surface area contributed by atoms with Gasteiger partial charge in [-0.1, -0.05) is 140 Å². The van der Waals surface area contributed by atoms with Gasteiger partial charge in [-0.25, -0.2) is 0 Å². The van der Waals surface area contributed by atoms with Crippen LogP contribution in [0.5, 0.6) is 0 Å². The van der Waals surface area contributed by atoms with Crippen LogP contribution in [-0.2, 0) is 5.41 Å². The standard InChI is InChI=1S/C31H36Br2/c1-3-5-7-11-20-31(21-12-8-6-4-2)28-22-23(32)18-19-24(28)26-15-13-16-27(30(26)31)25-14-9-10-17-29(25)33/h9-10,13-19,22H,3-8,11-12,20-21H2,1-2H3. The molecular weight excluding hydrogens is 532 g/mol. The molecule has 0 amide bonds. The zero-order chi connectivity index (χ0) is 23.3. The summed E-state index contributed by atoms with van der Waals surface area (Å²) in [5.74, 6) is 0. The van der Waals surface area contributed by atoms with Crippen LogP contribution < -0.4 is 0 Å². The minimum absolute atomic E-state index is 0.0851. The Morgan fingerprint density at radius 3 is 1.85 bits per heavy atom. The predicted molar refractivity (Wildman–Crippen MR) is 151 cm³/mol. The Hall–Kier alpha value is -1.38. The molecule has 3 aromatic carbocycles. The van der Waals surface area contributed by atoms with Gasteiger partial charge in [-0.2, -0.15) is 0 Å². The molecule has 0 radical (unpaired) electrons. The van der Waals surface area contributed by atoms with Crippen LogP contribution in [0.3, 0.4) is 0 Å². The van der Waals surface area contributed by atoms with Crippen LogP contribution in [0.15, 0.2) is 69.6 Å². The highest BCUT2D eigenvalue weighted by Gasteiger charge is 2.44. The largest absolute Gasteiger partial charge is 0.0654 e. The van der Waals surface area contributed by atoms with E-state index in [0.29, 0.717) is 0 Å². The van der Waals surface area contributed by atoms with Crippen LogP contribution >= 0.6 is 31.9 Å². The molecule has 4 rings (SSSR count). The first-order valence-corrected chi connectivity index (χ1v) is 14.4. The highest BCUT2D eigenvalue weighted by molar-refractivity contribution is 9.10. The first-order valence-electron chi connectivity index (χ1n) is 12.8. The minimum Gasteiger partial charge on any atom is -0.0654 e. The van der Waals surface area contributed by atoms with Crippen molar-refractivity contribution < 1.29 is 0 Å². The van der Waals surface area contributed by atoms with Crippen LogP contribution in [0.1, 0.15) is 89.2 Å². The van der Waals surface area contributed by atoms with Gasteiger partial charge in [0.1, 0.15) is 0 Å². The average Bonchev–Trinajstić information content (AvgIpc) is 3.09. The van der Waals surface area contributed by atoms with Gasteiger partial charge in [0.05, 0.1) is 0 Å². The van der Waals surface area contributed by atoms with E-state index in [4.69, 9.17) is 0 Å². The van der Waals surface area contributed by atoms with Crippen molar-refractivity contribution in [2.24, 2.45) is 0 Å². The molecule has 1 aliphatic carbocycles. The van der Waals surface area contributed by atoms with Gasteiger partial charge in [0.15, 0.2) is 0 Å². The van der Waals surface area contributed by atoms with Crippen molar-refractivity contribution in [3.05, 3.63) is 80.7 Å². The molecule has 0 saturated carbocycles. The Morgan fingerprint density at radius 1 is 0.606 bits per heavy atom. The number of rotatable bonds is 11. The van der Waals surface area contributed by atoms with Gasteiger partial charge in [0, 0.05) is 14.4 Å².